The van der Waals surface area contributed by atoms with E-state index < -0.39 is 0 Å². The van der Waals surface area contributed by atoms with Crippen LogP contribution in [0.3, 0.4) is 0 Å². The van der Waals surface area contributed by atoms with Gasteiger partial charge in [-0.25, -0.2) is 0 Å². The van der Waals surface area contributed by atoms with Crippen molar-refractivity contribution in [3.05, 3.63) is 17.0 Å². The molecule has 0 unspecified atom stereocenters. The van der Waals surface area contributed by atoms with Gasteiger partial charge in [-0.05, 0) is 50.5 Å². The Hall–Kier alpha value is -1.18. The summed E-state index contributed by atoms with van der Waals surface area (Å²) in [5, 5.41) is 9.12. The van der Waals surface area contributed by atoms with Crippen molar-refractivity contribution in [2.75, 3.05) is 31.7 Å². The number of thiophene rings is 1. The first-order valence-electron chi connectivity index (χ1n) is 7.62. The molecule has 0 radical (unpaired) electrons. The van der Waals surface area contributed by atoms with Gasteiger partial charge >= 0.3 is 0 Å². The highest BCUT2D eigenvalue weighted by atomic mass is 32.1. The number of ether oxygens (including phenoxy) is 1. The van der Waals surface area contributed by atoms with E-state index in [1.54, 1.807) is 18.4 Å². The first kappa shape index (κ1) is 17.2. The number of methoxy groups -OCH3 is 1. The van der Waals surface area contributed by atoms with E-state index in [9.17, 15) is 0 Å². The van der Waals surface area contributed by atoms with E-state index in [-0.39, 0.29) is 6.04 Å². The van der Waals surface area contributed by atoms with Gasteiger partial charge < -0.3 is 15.0 Å². The second-order valence-electron chi connectivity index (χ2n) is 5.42. The number of thiocarbonyl (C=S) groups is 1. The van der Waals surface area contributed by atoms with E-state index in [4.69, 9.17) is 17.0 Å². The van der Waals surface area contributed by atoms with Crippen LogP contribution in [0.4, 0.5) is 5.00 Å². The van der Waals surface area contributed by atoms with Crippen molar-refractivity contribution in [3.8, 4) is 0 Å². The van der Waals surface area contributed by atoms with E-state index in [0.717, 1.165) is 4.88 Å². The molecule has 22 heavy (non-hydrogen) atoms. The number of nitrogens with zero attached hydrogens (tertiary/aromatic N) is 2. The molecule has 0 aromatic carbocycles. The predicted octanol–water partition coefficient (Wildman–Crippen LogP) is 2.57. The molecule has 7 heteroatoms. The molecule has 1 fully saturated rings. The van der Waals surface area contributed by atoms with Crippen LogP contribution in [0.1, 0.15) is 31.1 Å². The van der Waals surface area contributed by atoms with Crippen LogP contribution in [-0.2, 0) is 4.74 Å². The number of nitrogens with one attached hydrogen (secondary N) is 2. The predicted molar refractivity (Wildman–Crippen MR) is 98.2 cm³/mol. The fraction of sp³-hybridized carbons (Fsp3) is 0.600. The third kappa shape index (κ3) is 5.55. The zero-order valence-electron chi connectivity index (χ0n) is 13.2. The summed E-state index contributed by atoms with van der Waals surface area (Å²) in [6.07, 6.45) is 5.75. The number of rotatable bonds is 6. The molecule has 1 aromatic rings. The molecule has 0 saturated carbocycles. The maximum atomic E-state index is 5.17. The van der Waals surface area contributed by atoms with Crippen LogP contribution in [0.2, 0.25) is 0 Å². The Morgan fingerprint density at radius 3 is 2.95 bits per heavy atom. The summed E-state index contributed by atoms with van der Waals surface area (Å²) < 4.78 is 5.05. The summed E-state index contributed by atoms with van der Waals surface area (Å²) in [6.45, 7) is 4.95. The van der Waals surface area contributed by atoms with Crippen LogP contribution in [0.25, 0.3) is 0 Å². The van der Waals surface area contributed by atoms with Crippen molar-refractivity contribution < 1.29 is 4.74 Å². The Balaban J connectivity index is 1.78. The second-order valence-corrected chi connectivity index (χ2v) is 6.93. The molecular formula is C15H24N4OS2. The number of hydrogen-bond donors (Lipinski definition) is 2. The first-order chi connectivity index (χ1) is 10.7. The number of hydrogen-bond acceptors (Lipinski definition) is 5. The molecule has 1 aliphatic heterocycles. The zero-order chi connectivity index (χ0) is 15.8. The Bertz CT molecular complexity index is 497. The normalized spacial score (nSPS) is 16.7. The minimum atomic E-state index is 0.160. The number of hydrazone groups is 1. The van der Waals surface area contributed by atoms with Crippen molar-refractivity contribution in [1.29, 1.82) is 0 Å². The SMILES string of the molecule is COC[C@H](C)NC(=S)N/N=C\c1ccc(N2CCCCC2)s1. The molecule has 0 aliphatic carbocycles. The highest BCUT2D eigenvalue weighted by molar-refractivity contribution is 7.80. The quantitative estimate of drug-likeness (QED) is 0.473. The lowest BCUT2D eigenvalue weighted by Gasteiger charge is -2.27. The minimum Gasteiger partial charge on any atom is -0.383 e. The van der Waals surface area contributed by atoms with Crippen molar-refractivity contribution in [2.45, 2.75) is 32.2 Å². The summed E-state index contributed by atoms with van der Waals surface area (Å²) in [5.74, 6) is 0. The topological polar surface area (TPSA) is 48.9 Å². The summed E-state index contributed by atoms with van der Waals surface area (Å²) in [7, 11) is 1.67. The number of anilines is 1. The Morgan fingerprint density at radius 1 is 1.45 bits per heavy atom. The van der Waals surface area contributed by atoms with Gasteiger partial charge in [0.05, 0.1) is 17.8 Å². The fourth-order valence-electron chi connectivity index (χ4n) is 2.40. The van der Waals surface area contributed by atoms with Gasteiger partial charge in [0.15, 0.2) is 5.11 Å². The Kier molecular flexibility index (Phi) is 7.08. The van der Waals surface area contributed by atoms with E-state index in [0.29, 0.717) is 11.7 Å². The highest BCUT2D eigenvalue weighted by Gasteiger charge is 2.12. The van der Waals surface area contributed by atoms with Crippen LogP contribution in [0.15, 0.2) is 17.2 Å². The van der Waals surface area contributed by atoms with E-state index in [2.05, 4.69) is 32.9 Å². The average Bonchev–Trinajstić information content (AvgIpc) is 2.97. The van der Waals surface area contributed by atoms with Crippen LogP contribution in [-0.4, -0.2) is 44.2 Å². The van der Waals surface area contributed by atoms with E-state index in [1.165, 1.54) is 37.4 Å². The lowest BCUT2D eigenvalue weighted by Crippen LogP contribution is -2.40. The first-order valence-corrected chi connectivity index (χ1v) is 8.85. The molecule has 1 aliphatic rings. The summed E-state index contributed by atoms with van der Waals surface area (Å²) in [4.78, 5) is 3.58. The highest BCUT2D eigenvalue weighted by Crippen LogP contribution is 2.27. The average molecular weight is 341 g/mol. The van der Waals surface area contributed by atoms with Gasteiger partial charge in [-0.3, -0.25) is 5.43 Å². The molecule has 2 N–H and O–H groups in total. The molecule has 122 valence electrons. The lowest BCUT2D eigenvalue weighted by molar-refractivity contribution is 0.179. The van der Waals surface area contributed by atoms with Crippen molar-refractivity contribution in [1.82, 2.24) is 10.7 Å². The molecule has 1 aromatic heterocycles. The van der Waals surface area contributed by atoms with Crippen LogP contribution in [0.5, 0.6) is 0 Å². The van der Waals surface area contributed by atoms with Crippen LogP contribution < -0.4 is 15.6 Å². The molecule has 0 spiro atoms. The van der Waals surface area contributed by atoms with Gasteiger partial charge in [-0.1, -0.05) is 0 Å². The van der Waals surface area contributed by atoms with Gasteiger partial charge in [-0.2, -0.15) is 5.10 Å². The van der Waals surface area contributed by atoms with Crippen LogP contribution >= 0.6 is 23.6 Å². The molecule has 0 bridgehead atoms. The summed E-state index contributed by atoms with van der Waals surface area (Å²) >= 11 is 6.94. The van der Waals surface area contributed by atoms with Gasteiger partial charge in [0.2, 0.25) is 0 Å². The summed E-state index contributed by atoms with van der Waals surface area (Å²) in [6, 6.07) is 4.44. The largest absolute Gasteiger partial charge is 0.383 e. The maximum absolute atomic E-state index is 5.17. The monoisotopic (exact) mass is 340 g/mol. The number of piperidine rings is 1. The summed E-state index contributed by atoms with van der Waals surface area (Å²) in [5.41, 5.74) is 2.84. The van der Waals surface area contributed by atoms with Crippen molar-refractivity contribution in [3.63, 3.8) is 0 Å². The smallest absolute Gasteiger partial charge is 0.187 e. The van der Waals surface area contributed by atoms with E-state index >= 15 is 0 Å². The van der Waals surface area contributed by atoms with Gasteiger partial charge in [0.1, 0.15) is 0 Å². The molecule has 5 nitrogen and oxygen atoms in total. The Morgan fingerprint density at radius 2 is 2.23 bits per heavy atom. The minimum absolute atomic E-state index is 0.160. The van der Waals surface area contributed by atoms with Crippen LogP contribution in [0, 0.1) is 0 Å². The molecule has 1 atom stereocenters. The van der Waals surface area contributed by atoms with E-state index in [1.807, 2.05) is 13.1 Å². The fourth-order valence-corrected chi connectivity index (χ4v) is 3.58. The maximum Gasteiger partial charge on any atom is 0.187 e. The Labute approximate surface area is 141 Å². The van der Waals surface area contributed by atoms with Crippen molar-refractivity contribution >= 4 is 39.9 Å². The van der Waals surface area contributed by atoms with Crippen molar-refractivity contribution in [2.24, 2.45) is 5.10 Å². The molecule has 1 saturated heterocycles. The standard InChI is InChI=1S/C15H24N4OS2/c1-12(11-20-2)17-15(21)18-16-10-13-6-7-14(22-13)19-8-4-3-5-9-19/h6-7,10,12H,3-5,8-9,11H2,1-2H3,(H2,17,18,21)/b16-10-/t12-/m0/s1. The van der Waals surface area contributed by atoms with Gasteiger partial charge in [-0.15, -0.1) is 11.3 Å². The zero-order valence-corrected chi connectivity index (χ0v) is 14.8. The molecular weight excluding hydrogens is 316 g/mol. The third-order valence-electron chi connectivity index (χ3n) is 3.43. The lowest BCUT2D eigenvalue weighted by atomic mass is 10.1. The van der Waals surface area contributed by atoms with Gasteiger partial charge in [0, 0.05) is 31.1 Å². The van der Waals surface area contributed by atoms with Gasteiger partial charge in [0.25, 0.3) is 0 Å². The molecule has 2 heterocycles. The second kappa shape index (κ2) is 9.07. The molecule has 0 amide bonds. The molecule has 2 rings (SSSR count). The third-order valence-corrected chi connectivity index (χ3v) is 4.72.